The van der Waals surface area contributed by atoms with E-state index in [4.69, 9.17) is 4.74 Å². The summed E-state index contributed by atoms with van der Waals surface area (Å²) in [6.45, 7) is 2.54. The Morgan fingerprint density at radius 3 is 2.70 bits per heavy atom. The van der Waals surface area contributed by atoms with Crippen molar-refractivity contribution in [1.82, 2.24) is 9.88 Å². The maximum Gasteiger partial charge on any atom is 0.233 e. The highest BCUT2D eigenvalue weighted by atomic mass is 16.5. The summed E-state index contributed by atoms with van der Waals surface area (Å²) in [5.74, 6) is 1.00. The van der Waals surface area contributed by atoms with E-state index in [1.807, 2.05) is 44.3 Å². The molecule has 0 radical (unpaired) electrons. The number of hydrogen-bond donors (Lipinski definition) is 0. The topological polar surface area (TPSA) is 42.4 Å². The van der Waals surface area contributed by atoms with Crippen molar-refractivity contribution >= 4 is 5.91 Å². The summed E-state index contributed by atoms with van der Waals surface area (Å²) >= 11 is 0. The van der Waals surface area contributed by atoms with Gasteiger partial charge in [0.05, 0.1) is 24.8 Å². The van der Waals surface area contributed by atoms with E-state index >= 15 is 0 Å². The molecule has 1 fully saturated rings. The van der Waals surface area contributed by atoms with Gasteiger partial charge in [-0.25, -0.2) is 0 Å². The molecule has 1 heterocycles. The average molecular weight is 310 g/mol. The molecule has 3 rings (SSSR count). The standard InChI is InChI=1S/C19H22N2O2/c1-14-7-8-15(12-17(14)23-3)19(9-10-19)18(22)21(2)13-16-6-4-5-11-20-16/h4-8,11-12H,9-10,13H2,1-3H3. The van der Waals surface area contributed by atoms with Crippen molar-refractivity contribution in [1.29, 1.82) is 0 Å². The molecule has 0 aliphatic heterocycles. The molecular formula is C19H22N2O2. The van der Waals surface area contributed by atoms with Crippen LogP contribution in [0.15, 0.2) is 42.6 Å². The van der Waals surface area contributed by atoms with Crippen LogP contribution >= 0.6 is 0 Å². The van der Waals surface area contributed by atoms with Crippen LogP contribution in [0.5, 0.6) is 5.75 Å². The maximum absolute atomic E-state index is 13.0. The molecule has 0 atom stereocenters. The number of aryl methyl sites for hydroxylation is 1. The van der Waals surface area contributed by atoms with Crippen LogP contribution in [0.4, 0.5) is 0 Å². The molecule has 1 aliphatic carbocycles. The van der Waals surface area contributed by atoms with Gasteiger partial charge in [-0.05, 0) is 49.1 Å². The first-order valence-electron chi connectivity index (χ1n) is 7.87. The van der Waals surface area contributed by atoms with E-state index in [0.717, 1.165) is 35.4 Å². The number of amides is 1. The summed E-state index contributed by atoms with van der Waals surface area (Å²) in [7, 11) is 3.52. The number of nitrogens with zero attached hydrogens (tertiary/aromatic N) is 2. The van der Waals surface area contributed by atoms with E-state index in [1.165, 1.54) is 0 Å². The molecule has 2 aromatic rings. The maximum atomic E-state index is 13.0. The zero-order valence-corrected chi connectivity index (χ0v) is 13.9. The van der Waals surface area contributed by atoms with Gasteiger partial charge in [-0.3, -0.25) is 9.78 Å². The van der Waals surface area contributed by atoms with Gasteiger partial charge >= 0.3 is 0 Å². The molecule has 1 aromatic heterocycles. The first kappa shape index (κ1) is 15.5. The Balaban J connectivity index is 1.81. The molecule has 120 valence electrons. The van der Waals surface area contributed by atoms with E-state index in [1.54, 1.807) is 18.2 Å². The van der Waals surface area contributed by atoms with Crippen molar-refractivity contribution in [3.63, 3.8) is 0 Å². The molecule has 4 nitrogen and oxygen atoms in total. The number of carbonyl (C=O) groups is 1. The smallest absolute Gasteiger partial charge is 0.233 e. The second kappa shape index (κ2) is 6.03. The van der Waals surface area contributed by atoms with Crippen LogP contribution in [0, 0.1) is 6.92 Å². The Bertz CT molecular complexity index is 709. The van der Waals surface area contributed by atoms with E-state index in [2.05, 4.69) is 11.1 Å². The Morgan fingerprint density at radius 2 is 2.09 bits per heavy atom. The highest BCUT2D eigenvalue weighted by molar-refractivity contribution is 5.91. The van der Waals surface area contributed by atoms with Crippen LogP contribution in [0.25, 0.3) is 0 Å². The number of hydrogen-bond acceptors (Lipinski definition) is 3. The first-order chi connectivity index (χ1) is 11.1. The molecule has 1 saturated carbocycles. The van der Waals surface area contributed by atoms with Crippen LogP contribution < -0.4 is 4.74 Å². The number of benzene rings is 1. The summed E-state index contributed by atoms with van der Waals surface area (Å²) < 4.78 is 5.41. The molecule has 0 N–H and O–H groups in total. The van der Waals surface area contributed by atoms with Crippen molar-refractivity contribution in [2.45, 2.75) is 31.7 Å². The lowest BCUT2D eigenvalue weighted by atomic mass is 9.93. The molecule has 1 aromatic carbocycles. The van der Waals surface area contributed by atoms with Crippen molar-refractivity contribution in [3.8, 4) is 5.75 Å². The molecule has 1 aliphatic rings. The number of methoxy groups -OCH3 is 1. The number of likely N-dealkylation sites (N-methyl/N-ethyl adjacent to an activating group) is 1. The van der Waals surface area contributed by atoms with Gasteiger partial charge in [0.1, 0.15) is 5.75 Å². The van der Waals surface area contributed by atoms with Crippen LogP contribution in [0.2, 0.25) is 0 Å². The fourth-order valence-electron chi connectivity index (χ4n) is 3.04. The minimum atomic E-state index is -0.384. The summed E-state index contributed by atoms with van der Waals surface area (Å²) in [6, 6.07) is 11.9. The van der Waals surface area contributed by atoms with Gasteiger partial charge in [0.2, 0.25) is 5.91 Å². The molecule has 1 amide bonds. The molecule has 0 unspecified atom stereocenters. The Morgan fingerprint density at radius 1 is 1.30 bits per heavy atom. The lowest BCUT2D eigenvalue weighted by Gasteiger charge is -2.24. The number of carbonyl (C=O) groups excluding carboxylic acids is 1. The first-order valence-corrected chi connectivity index (χ1v) is 7.87. The van der Waals surface area contributed by atoms with E-state index in [-0.39, 0.29) is 11.3 Å². The average Bonchev–Trinajstić information content (AvgIpc) is 3.37. The van der Waals surface area contributed by atoms with Crippen molar-refractivity contribution in [3.05, 3.63) is 59.4 Å². The number of rotatable bonds is 5. The third-order valence-electron chi connectivity index (χ3n) is 4.59. The van der Waals surface area contributed by atoms with Gasteiger partial charge < -0.3 is 9.64 Å². The highest BCUT2D eigenvalue weighted by Crippen LogP contribution is 2.50. The summed E-state index contributed by atoms with van der Waals surface area (Å²) in [6.07, 6.45) is 3.54. The zero-order chi connectivity index (χ0) is 16.4. The molecule has 0 bridgehead atoms. The highest BCUT2D eigenvalue weighted by Gasteiger charge is 2.52. The molecule has 0 spiro atoms. The fourth-order valence-corrected chi connectivity index (χ4v) is 3.04. The van der Waals surface area contributed by atoms with Crippen LogP contribution in [-0.2, 0) is 16.8 Å². The van der Waals surface area contributed by atoms with E-state index in [9.17, 15) is 4.79 Å². The second-order valence-corrected chi connectivity index (χ2v) is 6.25. The summed E-state index contributed by atoms with van der Waals surface area (Å²) in [5.41, 5.74) is 2.66. The minimum absolute atomic E-state index is 0.161. The molecular weight excluding hydrogens is 288 g/mol. The number of aromatic nitrogens is 1. The van der Waals surface area contributed by atoms with Gasteiger partial charge in [-0.1, -0.05) is 18.2 Å². The van der Waals surface area contributed by atoms with Crippen LogP contribution in [0.3, 0.4) is 0 Å². The normalized spacial score (nSPS) is 15.1. The van der Waals surface area contributed by atoms with Crippen molar-refractivity contribution < 1.29 is 9.53 Å². The predicted molar refractivity (Wildman–Crippen MR) is 89.4 cm³/mol. The lowest BCUT2D eigenvalue weighted by molar-refractivity contribution is -0.133. The SMILES string of the molecule is COc1cc(C2(C(=O)N(C)Cc3ccccn3)CC2)ccc1C. The van der Waals surface area contributed by atoms with Crippen molar-refractivity contribution in [2.75, 3.05) is 14.2 Å². The van der Waals surface area contributed by atoms with Gasteiger partial charge in [0, 0.05) is 13.2 Å². The minimum Gasteiger partial charge on any atom is -0.496 e. The second-order valence-electron chi connectivity index (χ2n) is 6.25. The Kier molecular flexibility index (Phi) is 4.07. The summed E-state index contributed by atoms with van der Waals surface area (Å²) in [5, 5.41) is 0. The third-order valence-corrected chi connectivity index (χ3v) is 4.59. The monoisotopic (exact) mass is 310 g/mol. The van der Waals surface area contributed by atoms with Crippen LogP contribution in [-0.4, -0.2) is 29.9 Å². The molecule has 4 heteroatoms. The third kappa shape index (κ3) is 2.93. The predicted octanol–water partition coefficient (Wildman–Crippen LogP) is 3.09. The Labute approximate surface area is 137 Å². The van der Waals surface area contributed by atoms with Gasteiger partial charge in [-0.15, -0.1) is 0 Å². The van der Waals surface area contributed by atoms with Gasteiger partial charge in [0.15, 0.2) is 0 Å². The fraction of sp³-hybridized carbons (Fsp3) is 0.368. The number of ether oxygens (including phenoxy) is 1. The number of pyridine rings is 1. The van der Waals surface area contributed by atoms with Crippen LogP contribution in [0.1, 0.15) is 29.7 Å². The molecule has 23 heavy (non-hydrogen) atoms. The summed E-state index contributed by atoms with van der Waals surface area (Å²) in [4.78, 5) is 19.1. The van der Waals surface area contributed by atoms with Gasteiger partial charge in [-0.2, -0.15) is 0 Å². The molecule has 0 saturated heterocycles. The Hall–Kier alpha value is -2.36. The van der Waals surface area contributed by atoms with E-state index in [0.29, 0.717) is 6.54 Å². The zero-order valence-electron chi connectivity index (χ0n) is 13.9. The van der Waals surface area contributed by atoms with Gasteiger partial charge in [0.25, 0.3) is 0 Å². The van der Waals surface area contributed by atoms with Crippen molar-refractivity contribution in [2.24, 2.45) is 0 Å². The largest absolute Gasteiger partial charge is 0.496 e. The van der Waals surface area contributed by atoms with E-state index < -0.39 is 0 Å². The lowest BCUT2D eigenvalue weighted by Crippen LogP contribution is -2.36. The quantitative estimate of drug-likeness (QED) is 0.852.